The molecule has 0 aliphatic carbocycles. The third kappa shape index (κ3) is 2.15. The minimum absolute atomic E-state index is 0.752. The van der Waals surface area contributed by atoms with Gasteiger partial charge in [-0.3, -0.25) is 4.98 Å². The normalized spacial score (nSPS) is 10.2. The minimum Gasteiger partial charge on any atom is -0.327 e. The molecule has 0 atom stereocenters. The summed E-state index contributed by atoms with van der Waals surface area (Å²) in [6.07, 6.45) is 9.10. The molecule has 0 saturated heterocycles. The fourth-order valence-corrected chi connectivity index (χ4v) is 1.75. The Bertz CT molecular complexity index is 476. The third-order valence-electron chi connectivity index (χ3n) is 2.00. The van der Waals surface area contributed by atoms with Gasteiger partial charge in [-0.05, 0) is 22.0 Å². The Kier molecular flexibility index (Phi) is 2.97. The summed E-state index contributed by atoms with van der Waals surface area (Å²) < 4.78 is 2.98. The lowest BCUT2D eigenvalue weighted by atomic mass is 10.3. The molecule has 4 heteroatoms. The molecule has 0 aromatic carbocycles. The van der Waals surface area contributed by atoms with Crippen LogP contribution in [0.2, 0.25) is 0 Å². The van der Waals surface area contributed by atoms with Crippen molar-refractivity contribution in [1.82, 2.24) is 14.5 Å². The predicted molar refractivity (Wildman–Crippen MR) is 63.4 cm³/mol. The van der Waals surface area contributed by atoms with Crippen molar-refractivity contribution in [2.45, 2.75) is 6.54 Å². The maximum atomic E-state index is 4.30. The average Bonchev–Trinajstić information content (AvgIpc) is 2.66. The van der Waals surface area contributed by atoms with Crippen LogP contribution in [0, 0.1) is 0 Å². The molecule has 2 heterocycles. The number of halogens is 1. The van der Waals surface area contributed by atoms with E-state index in [9.17, 15) is 0 Å². The lowest BCUT2D eigenvalue weighted by Gasteiger charge is -2.04. The largest absolute Gasteiger partial charge is 0.327 e. The fourth-order valence-electron chi connectivity index (χ4n) is 1.39. The van der Waals surface area contributed by atoms with E-state index in [1.807, 2.05) is 22.9 Å². The van der Waals surface area contributed by atoms with Crippen LogP contribution >= 0.6 is 15.9 Å². The topological polar surface area (TPSA) is 30.7 Å². The lowest BCUT2D eigenvalue weighted by Crippen LogP contribution is -1.97. The molecule has 0 radical (unpaired) electrons. The highest BCUT2D eigenvalue weighted by Crippen LogP contribution is 2.20. The highest BCUT2D eigenvalue weighted by molar-refractivity contribution is 9.10. The summed E-state index contributed by atoms with van der Waals surface area (Å²) in [5.41, 5.74) is 0.997. The van der Waals surface area contributed by atoms with Gasteiger partial charge in [-0.15, -0.1) is 6.58 Å². The Labute approximate surface area is 96.6 Å². The molecule has 0 aliphatic rings. The molecule has 0 spiro atoms. The molecule has 76 valence electrons. The van der Waals surface area contributed by atoms with Crippen molar-refractivity contribution in [1.29, 1.82) is 0 Å². The van der Waals surface area contributed by atoms with E-state index in [2.05, 4.69) is 32.5 Å². The van der Waals surface area contributed by atoms with Gasteiger partial charge in [-0.1, -0.05) is 6.08 Å². The van der Waals surface area contributed by atoms with E-state index >= 15 is 0 Å². The second-order valence-electron chi connectivity index (χ2n) is 3.08. The van der Waals surface area contributed by atoms with Crippen LogP contribution in [0.15, 0.2) is 48.0 Å². The zero-order chi connectivity index (χ0) is 10.7. The second kappa shape index (κ2) is 4.40. The van der Waals surface area contributed by atoms with E-state index in [-0.39, 0.29) is 0 Å². The van der Waals surface area contributed by atoms with Gasteiger partial charge in [0.25, 0.3) is 0 Å². The summed E-state index contributed by atoms with van der Waals surface area (Å²) >= 11 is 3.39. The molecule has 3 nitrogen and oxygen atoms in total. The fraction of sp³-hybridized carbons (Fsp3) is 0.0909. The molecule has 0 saturated carbocycles. The first-order valence-electron chi connectivity index (χ1n) is 4.54. The quantitative estimate of drug-likeness (QED) is 0.798. The van der Waals surface area contributed by atoms with Gasteiger partial charge in [0.1, 0.15) is 5.82 Å². The van der Waals surface area contributed by atoms with Crippen LogP contribution < -0.4 is 0 Å². The van der Waals surface area contributed by atoms with Crippen molar-refractivity contribution < 1.29 is 0 Å². The van der Waals surface area contributed by atoms with Gasteiger partial charge in [0.15, 0.2) is 0 Å². The van der Waals surface area contributed by atoms with Crippen LogP contribution in [0.3, 0.4) is 0 Å². The van der Waals surface area contributed by atoms with Gasteiger partial charge in [-0.2, -0.15) is 0 Å². The zero-order valence-corrected chi connectivity index (χ0v) is 9.68. The Balaban J connectivity index is 2.44. The molecule has 0 bridgehead atoms. The molecule has 2 aromatic heterocycles. The van der Waals surface area contributed by atoms with Gasteiger partial charge in [0.2, 0.25) is 0 Å². The third-order valence-corrected chi connectivity index (χ3v) is 2.44. The number of pyridine rings is 1. The number of hydrogen-bond acceptors (Lipinski definition) is 2. The number of rotatable bonds is 3. The first-order chi connectivity index (χ1) is 7.31. The monoisotopic (exact) mass is 263 g/mol. The van der Waals surface area contributed by atoms with Gasteiger partial charge >= 0.3 is 0 Å². The van der Waals surface area contributed by atoms with Crippen molar-refractivity contribution in [3.05, 3.63) is 48.0 Å². The second-order valence-corrected chi connectivity index (χ2v) is 4.00. The minimum atomic E-state index is 0.752. The maximum Gasteiger partial charge on any atom is 0.141 e. The van der Waals surface area contributed by atoms with E-state index < -0.39 is 0 Å². The van der Waals surface area contributed by atoms with Crippen molar-refractivity contribution in [2.75, 3.05) is 0 Å². The highest BCUT2D eigenvalue weighted by atomic mass is 79.9. The van der Waals surface area contributed by atoms with Crippen LogP contribution in [0.1, 0.15) is 0 Å². The summed E-state index contributed by atoms with van der Waals surface area (Å²) in [5, 5.41) is 0. The molecule has 0 N–H and O–H groups in total. The number of nitrogens with zero attached hydrogens (tertiary/aromatic N) is 3. The first kappa shape index (κ1) is 10.1. The van der Waals surface area contributed by atoms with Crippen molar-refractivity contribution in [3.8, 4) is 11.4 Å². The molecule has 15 heavy (non-hydrogen) atoms. The van der Waals surface area contributed by atoms with Gasteiger partial charge in [0.05, 0.1) is 0 Å². The van der Waals surface area contributed by atoms with E-state index in [4.69, 9.17) is 0 Å². The first-order valence-corrected chi connectivity index (χ1v) is 5.33. The van der Waals surface area contributed by atoms with E-state index in [0.717, 1.165) is 22.4 Å². The van der Waals surface area contributed by atoms with E-state index in [1.165, 1.54) is 0 Å². The molecule has 0 fully saturated rings. The summed E-state index contributed by atoms with van der Waals surface area (Å²) in [7, 11) is 0. The van der Waals surface area contributed by atoms with E-state index in [1.54, 1.807) is 18.6 Å². The lowest BCUT2D eigenvalue weighted by molar-refractivity contribution is 0.831. The Morgan fingerprint density at radius 2 is 2.33 bits per heavy atom. The van der Waals surface area contributed by atoms with Crippen molar-refractivity contribution in [2.24, 2.45) is 0 Å². The number of allylic oxidation sites excluding steroid dienone is 1. The highest BCUT2D eigenvalue weighted by Gasteiger charge is 2.05. The zero-order valence-electron chi connectivity index (χ0n) is 8.10. The van der Waals surface area contributed by atoms with Gasteiger partial charge in [-0.25, -0.2) is 4.98 Å². The molecule has 0 aliphatic heterocycles. The molecule has 2 rings (SSSR count). The molecular formula is C11H10BrN3. The van der Waals surface area contributed by atoms with Crippen LogP contribution in [-0.4, -0.2) is 14.5 Å². The smallest absolute Gasteiger partial charge is 0.141 e. The number of hydrogen-bond donors (Lipinski definition) is 0. The van der Waals surface area contributed by atoms with Crippen LogP contribution in [-0.2, 0) is 6.54 Å². The van der Waals surface area contributed by atoms with Crippen molar-refractivity contribution >= 4 is 15.9 Å². The number of aromatic nitrogens is 3. The summed E-state index contributed by atoms with van der Waals surface area (Å²) in [4.78, 5) is 8.42. The standard InChI is InChI=1S/C11H10BrN3/c1-2-4-15-5-3-14-11(15)9-6-10(12)8-13-7-9/h2-3,5-8H,1,4H2. The van der Waals surface area contributed by atoms with E-state index in [0.29, 0.717) is 0 Å². The predicted octanol–water partition coefficient (Wildman–Crippen LogP) is 2.89. The SMILES string of the molecule is C=CCn1ccnc1-c1cncc(Br)c1. The molecule has 0 unspecified atom stereocenters. The van der Waals surface area contributed by atoms with Crippen LogP contribution in [0.5, 0.6) is 0 Å². The summed E-state index contributed by atoms with van der Waals surface area (Å²) in [6.45, 7) is 4.47. The van der Waals surface area contributed by atoms with Crippen molar-refractivity contribution in [3.63, 3.8) is 0 Å². The Morgan fingerprint density at radius 1 is 1.47 bits per heavy atom. The van der Waals surface area contributed by atoms with Crippen LogP contribution in [0.25, 0.3) is 11.4 Å². The van der Waals surface area contributed by atoms with Gasteiger partial charge < -0.3 is 4.57 Å². The Morgan fingerprint density at radius 3 is 3.07 bits per heavy atom. The molecule has 2 aromatic rings. The summed E-state index contributed by atoms with van der Waals surface area (Å²) in [5.74, 6) is 0.906. The maximum absolute atomic E-state index is 4.30. The number of imidazole rings is 1. The molecular weight excluding hydrogens is 254 g/mol. The molecule has 0 amide bonds. The Hall–Kier alpha value is -1.42. The van der Waals surface area contributed by atoms with Crippen LogP contribution in [0.4, 0.5) is 0 Å². The summed E-state index contributed by atoms with van der Waals surface area (Å²) in [6, 6.07) is 1.99. The van der Waals surface area contributed by atoms with Gasteiger partial charge in [0, 0.05) is 41.4 Å². The average molecular weight is 264 g/mol.